The predicted molar refractivity (Wildman–Crippen MR) is 74.6 cm³/mol. The molecule has 3 heteroatoms. The van der Waals surface area contributed by atoms with Gasteiger partial charge in [0.2, 0.25) is 0 Å². The van der Waals surface area contributed by atoms with Crippen molar-refractivity contribution in [2.45, 2.75) is 59.9 Å². The van der Waals surface area contributed by atoms with Crippen LogP contribution in [0.1, 0.15) is 58.7 Å². The van der Waals surface area contributed by atoms with Gasteiger partial charge in [-0.3, -0.25) is 0 Å². The van der Waals surface area contributed by atoms with Crippen LogP contribution in [-0.4, -0.2) is 5.97 Å². The Hall–Kier alpha value is -1.35. The SMILES string of the molecule is Cc1c(C)c(C)c([C@@H]([NH3+])CCCC(=O)[O-])c(C)c1C. The van der Waals surface area contributed by atoms with Gasteiger partial charge >= 0.3 is 0 Å². The summed E-state index contributed by atoms with van der Waals surface area (Å²) in [6.45, 7) is 10.7. The highest BCUT2D eigenvalue weighted by molar-refractivity contribution is 5.64. The van der Waals surface area contributed by atoms with Crippen LogP contribution in [0.3, 0.4) is 0 Å². The van der Waals surface area contributed by atoms with Crippen molar-refractivity contribution in [3.05, 3.63) is 33.4 Å². The maximum atomic E-state index is 10.5. The molecular weight excluding hydrogens is 238 g/mol. The molecule has 0 spiro atoms. The van der Waals surface area contributed by atoms with E-state index in [0.29, 0.717) is 6.42 Å². The lowest BCUT2D eigenvalue weighted by Crippen LogP contribution is -2.54. The largest absolute Gasteiger partial charge is 0.550 e. The number of quaternary nitrogens is 1. The second-order valence-electron chi connectivity index (χ2n) is 5.50. The van der Waals surface area contributed by atoms with Gasteiger partial charge < -0.3 is 15.6 Å². The van der Waals surface area contributed by atoms with Crippen LogP contribution in [0.25, 0.3) is 0 Å². The molecular formula is C16H25NO2. The van der Waals surface area contributed by atoms with Crippen LogP contribution in [0.4, 0.5) is 0 Å². The first-order valence-electron chi connectivity index (χ1n) is 6.87. The normalized spacial score (nSPS) is 12.5. The number of benzene rings is 1. The maximum absolute atomic E-state index is 10.5. The van der Waals surface area contributed by atoms with E-state index >= 15 is 0 Å². The average molecular weight is 263 g/mol. The number of carbonyl (C=O) groups excluding carboxylic acids is 1. The molecule has 0 aliphatic heterocycles. The van der Waals surface area contributed by atoms with E-state index in [9.17, 15) is 9.90 Å². The Kier molecular flexibility index (Phi) is 5.12. The fourth-order valence-corrected chi connectivity index (χ4v) is 2.78. The van der Waals surface area contributed by atoms with E-state index in [-0.39, 0.29) is 12.5 Å². The van der Waals surface area contributed by atoms with Gasteiger partial charge in [-0.1, -0.05) is 0 Å². The first-order chi connectivity index (χ1) is 8.77. The fraction of sp³-hybridized carbons (Fsp3) is 0.562. The van der Waals surface area contributed by atoms with Gasteiger partial charge in [-0.05, 0) is 75.3 Å². The zero-order chi connectivity index (χ0) is 14.7. The number of hydrogen-bond donors (Lipinski definition) is 1. The van der Waals surface area contributed by atoms with Crippen molar-refractivity contribution in [2.24, 2.45) is 0 Å². The van der Waals surface area contributed by atoms with Gasteiger partial charge in [-0.15, -0.1) is 0 Å². The standard InChI is InChI=1S/C16H25NO2/c1-9-10(2)12(4)16(13(5)11(9)3)14(17)7-6-8-15(18)19/h14H,6-8,17H2,1-5H3,(H,18,19)/t14-/m0/s1. The highest BCUT2D eigenvalue weighted by Crippen LogP contribution is 2.30. The van der Waals surface area contributed by atoms with Gasteiger partial charge in [-0.2, -0.15) is 0 Å². The number of aliphatic carboxylic acids is 1. The molecule has 0 bridgehead atoms. The molecule has 19 heavy (non-hydrogen) atoms. The minimum atomic E-state index is -0.975. The number of carboxylic acids is 1. The van der Waals surface area contributed by atoms with Crippen LogP contribution < -0.4 is 10.8 Å². The van der Waals surface area contributed by atoms with Gasteiger partial charge in [0.25, 0.3) is 0 Å². The Labute approximate surface area is 115 Å². The molecule has 0 heterocycles. The molecule has 1 atom stereocenters. The van der Waals surface area contributed by atoms with Crippen LogP contribution >= 0.6 is 0 Å². The molecule has 0 saturated carbocycles. The van der Waals surface area contributed by atoms with Crippen molar-refractivity contribution in [1.82, 2.24) is 0 Å². The molecule has 1 aromatic rings. The molecule has 0 fully saturated rings. The molecule has 0 amide bonds. The van der Waals surface area contributed by atoms with E-state index in [1.807, 2.05) is 0 Å². The quantitative estimate of drug-likeness (QED) is 0.873. The minimum Gasteiger partial charge on any atom is -0.550 e. The topological polar surface area (TPSA) is 67.8 Å². The van der Waals surface area contributed by atoms with E-state index in [4.69, 9.17) is 0 Å². The highest BCUT2D eigenvalue weighted by Gasteiger charge is 2.19. The van der Waals surface area contributed by atoms with Gasteiger partial charge in [0.05, 0.1) is 0 Å². The summed E-state index contributed by atoms with van der Waals surface area (Å²) < 4.78 is 0. The first kappa shape index (κ1) is 15.7. The summed E-state index contributed by atoms with van der Waals surface area (Å²) in [6, 6.07) is 0.150. The lowest BCUT2D eigenvalue weighted by Gasteiger charge is -2.21. The van der Waals surface area contributed by atoms with E-state index < -0.39 is 5.97 Å². The molecule has 1 aromatic carbocycles. The van der Waals surface area contributed by atoms with E-state index in [0.717, 1.165) is 6.42 Å². The maximum Gasteiger partial charge on any atom is 0.111 e. The van der Waals surface area contributed by atoms with Crippen molar-refractivity contribution in [2.75, 3.05) is 0 Å². The average Bonchev–Trinajstić information content (AvgIpc) is 2.34. The lowest BCUT2D eigenvalue weighted by atomic mass is 9.85. The summed E-state index contributed by atoms with van der Waals surface area (Å²) in [7, 11) is 0. The summed E-state index contributed by atoms with van der Waals surface area (Å²) in [5, 5.41) is 10.5. The molecule has 0 aliphatic rings. The molecule has 0 radical (unpaired) electrons. The summed E-state index contributed by atoms with van der Waals surface area (Å²) >= 11 is 0. The van der Waals surface area contributed by atoms with Gasteiger partial charge in [-0.25, -0.2) is 0 Å². The van der Waals surface area contributed by atoms with Gasteiger partial charge in [0.1, 0.15) is 6.04 Å². The third kappa shape index (κ3) is 3.35. The van der Waals surface area contributed by atoms with Crippen molar-refractivity contribution < 1.29 is 15.6 Å². The molecule has 3 N–H and O–H groups in total. The van der Waals surface area contributed by atoms with Crippen LogP contribution in [0.15, 0.2) is 0 Å². The van der Waals surface area contributed by atoms with Crippen molar-refractivity contribution >= 4 is 5.97 Å². The predicted octanol–water partition coefficient (Wildman–Crippen LogP) is 1.43. The Balaban J connectivity index is 3.03. The number of hydrogen-bond acceptors (Lipinski definition) is 2. The molecule has 3 nitrogen and oxygen atoms in total. The lowest BCUT2D eigenvalue weighted by molar-refractivity contribution is -0.428. The van der Waals surface area contributed by atoms with Crippen LogP contribution in [0.5, 0.6) is 0 Å². The second-order valence-corrected chi connectivity index (χ2v) is 5.50. The highest BCUT2D eigenvalue weighted by atomic mass is 16.4. The van der Waals surface area contributed by atoms with Crippen LogP contribution in [0, 0.1) is 34.6 Å². The molecule has 106 valence electrons. The summed E-state index contributed by atoms with van der Waals surface area (Å²) in [5.74, 6) is -0.975. The summed E-state index contributed by atoms with van der Waals surface area (Å²) in [5.41, 5.74) is 12.1. The molecule has 0 aliphatic carbocycles. The van der Waals surface area contributed by atoms with Crippen molar-refractivity contribution in [3.63, 3.8) is 0 Å². The summed E-state index contributed by atoms with van der Waals surface area (Å²) in [4.78, 5) is 10.5. The number of carbonyl (C=O) groups is 1. The van der Waals surface area contributed by atoms with Gasteiger partial charge in [0.15, 0.2) is 0 Å². The van der Waals surface area contributed by atoms with Gasteiger partial charge in [0, 0.05) is 18.0 Å². The Morgan fingerprint density at radius 2 is 1.42 bits per heavy atom. The van der Waals surface area contributed by atoms with Crippen LogP contribution in [-0.2, 0) is 4.79 Å². The summed E-state index contributed by atoms with van der Waals surface area (Å²) in [6.07, 6.45) is 1.53. The van der Waals surface area contributed by atoms with E-state index in [1.54, 1.807) is 0 Å². The number of carboxylic acid groups (broad SMARTS) is 1. The fourth-order valence-electron chi connectivity index (χ4n) is 2.78. The molecule has 1 rings (SSSR count). The second kappa shape index (κ2) is 6.20. The smallest absolute Gasteiger partial charge is 0.111 e. The Morgan fingerprint density at radius 3 is 1.84 bits per heavy atom. The Morgan fingerprint density at radius 1 is 1.00 bits per heavy atom. The third-order valence-electron chi connectivity index (χ3n) is 4.40. The monoisotopic (exact) mass is 263 g/mol. The van der Waals surface area contributed by atoms with Crippen molar-refractivity contribution in [3.8, 4) is 0 Å². The molecule has 0 aromatic heterocycles. The van der Waals surface area contributed by atoms with Crippen molar-refractivity contribution in [1.29, 1.82) is 0 Å². The zero-order valence-electron chi connectivity index (χ0n) is 12.7. The molecule has 0 unspecified atom stereocenters. The molecule has 0 saturated heterocycles. The van der Waals surface area contributed by atoms with Crippen LogP contribution in [0.2, 0.25) is 0 Å². The third-order valence-corrected chi connectivity index (χ3v) is 4.40. The first-order valence-corrected chi connectivity index (χ1v) is 6.87. The zero-order valence-corrected chi connectivity index (χ0v) is 12.7. The van der Waals surface area contributed by atoms with E-state index in [1.165, 1.54) is 33.4 Å². The number of rotatable bonds is 5. The Bertz CT molecular complexity index is 463. The van der Waals surface area contributed by atoms with E-state index in [2.05, 4.69) is 40.4 Å². The minimum absolute atomic E-state index is 0.119.